The number of hydrogen-bond donors (Lipinski definition) is 3. The number of amides is 2. The first-order valence-electron chi connectivity index (χ1n) is 7.72. The number of carbonyl (C=O) groups excluding carboxylic acids is 4. The summed E-state index contributed by atoms with van der Waals surface area (Å²) >= 11 is 0. The van der Waals surface area contributed by atoms with E-state index in [-0.39, 0.29) is 18.8 Å². The summed E-state index contributed by atoms with van der Waals surface area (Å²) in [5.41, 5.74) is -0.970. The summed E-state index contributed by atoms with van der Waals surface area (Å²) in [6.45, 7) is 3.91. The van der Waals surface area contributed by atoms with Crippen LogP contribution in [0, 0.1) is 5.41 Å². The molecule has 1 unspecified atom stereocenters. The molecule has 10 heteroatoms. The molecule has 0 aromatic carbocycles. The highest BCUT2D eigenvalue weighted by Crippen LogP contribution is 2.30. The number of halogens is 1. The Morgan fingerprint density at radius 1 is 1.04 bits per heavy atom. The number of hydrogen-bond acceptors (Lipinski definition) is 7. The third kappa shape index (κ3) is 6.17. The van der Waals surface area contributed by atoms with Gasteiger partial charge in [-0.15, -0.1) is 12.4 Å². The van der Waals surface area contributed by atoms with Crippen molar-refractivity contribution in [2.24, 2.45) is 5.41 Å². The van der Waals surface area contributed by atoms with Crippen molar-refractivity contribution in [3.05, 3.63) is 0 Å². The third-order valence-electron chi connectivity index (χ3n) is 4.06. The second-order valence-electron chi connectivity index (χ2n) is 5.91. The molecule has 1 fully saturated rings. The van der Waals surface area contributed by atoms with E-state index < -0.39 is 41.3 Å². The van der Waals surface area contributed by atoms with Crippen LogP contribution in [0.15, 0.2) is 0 Å². The van der Waals surface area contributed by atoms with Crippen molar-refractivity contribution in [1.29, 1.82) is 0 Å². The highest BCUT2D eigenvalue weighted by atomic mass is 35.5. The number of esters is 2. The predicted octanol–water partition coefficient (Wildman–Crippen LogP) is -0.867. The molecular formula is C15H26ClN3O6. The van der Waals surface area contributed by atoms with E-state index in [0.29, 0.717) is 19.5 Å². The van der Waals surface area contributed by atoms with Gasteiger partial charge in [0, 0.05) is 13.0 Å². The van der Waals surface area contributed by atoms with Crippen LogP contribution in [0.25, 0.3) is 0 Å². The fourth-order valence-corrected chi connectivity index (χ4v) is 2.59. The van der Waals surface area contributed by atoms with E-state index in [1.165, 1.54) is 28.1 Å². The summed E-state index contributed by atoms with van der Waals surface area (Å²) in [7, 11) is 2.47. The molecule has 0 spiro atoms. The lowest BCUT2D eigenvalue weighted by molar-refractivity contribution is -0.147. The third-order valence-corrected chi connectivity index (χ3v) is 4.06. The van der Waals surface area contributed by atoms with Crippen molar-refractivity contribution in [3.63, 3.8) is 0 Å². The highest BCUT2D eigenvalue weighted by molar-refractivity contribution is 5.93. The molecular weight excluding hydrogens is 354 g/mol. The molecule has 0 radical (unpaired) electrons. The van der Waals surface area contributed by atoms with Crippen LogP contribution in [0.3, 0.4) is 0 Å². The Hall–Kier alpha value is -1.87. The van der Waals surface area contributed by atoms with Crippen LogP contribution < -0.4 is 16.0 Å². The molecule has 1 aliphatic rings. The molecule has 3 N–H and O–H groups in total. The first-order valence-corrected chi connectivity index (χ1v) is 7.72. The van der Waals surface area contributed by atoms with Gasteiger partial charge in [-0.1, -0.05) is 0 Å². The summed E-state index contributed by atoms with van der Waals surface area (Å²) < 4.78 is 9.13. The quantitative estimate of drug-likeness (QED) is 0.491. The number of carbonyl (C=O) groups is 4. The van der Waals surface area contributed by atoms with Gasteiger partial charge in [0.1, 0.15) is 12.1 Å². The van der Waals surface area contributed by atoms with Gasteiger partial charge in [0.2, 0.25) is 11.8 Å². The lowest BCUT2D eigenvalue weighted by atomic mass is 9.82. The monoisotopic (exact) mass is 379 g/mol. The van der Waals surface area contributed by atoms with Gasteiger partial charge in [-0.25, -0.2) is 9.59 Å². The lowest BCUT2D eigenvalue weighted by Gasteiger charge is -2.28. The van der Waals surface area contributed by atoms with Gasteiger partial charge < -0.3 is 25.4 Å². The van der Waals surface area contributed by atoms with Gasteiger partial charge in [0.05, 0.1) is 19.6 Å². The van der Waals surface area contributed by atoms with Crippen molar-refractivity contribution >= 4 is 36.2 Å². The Bertz CT molecular complexity index is 507. The zero-order valence-corrected chi connectivity index (χ0v) is 15.7. The summed E-state index contributed by atoms with van der Waals surface area (Å²) in [6, 6.07) is -1.61. The SMILES string of the molecule is COC(=O)[C@H](C)NC(=O)CC1(C(=O)N[C@@H](C)C(=O)OC)CCNC1.Cl. The van der Waals surface area contributed by atoms with E-state index in [1.54, 1.807) is 0 Å². The minimum atomic E-state index is -0.970. The van der Waals surface area contributed by atoms with E-state index in [0.717, 1.165) is 0 Å². The normalized spacial score (nSPS) is 21.3. The second kappa shape index (κ2) is 10.2. The van der Waals surface area contributed by atoms with Crippen LogP contribution in [-0.2, 0) is 28.7 Å². The molecule has 1 aliphatic heterocycles. The fourth-order valence-electron chi connectivity index (χ4n) is 2.59. The predicted molar refractivity (Wildman–Crippen MR) is 91.0 cm³/mol. The van der Waals surface area contributed by atoms with Crippen LogP contribution in [0.2, 0.25) is 0 Å². The van der Waals surface area contributed by atoms with Crippen molar-refractivity contribution < 1.29 is 28.7 Å². The maximum absolute atomic E-state index is 12.6. The molecule has 2 amide bonds. The Balaban J connectivity index is 0.00000576. The molecule has 1 saturated heterocycles. The molecule has 0 bridgehead atoms. The second-order valence-corrected chi connectivity index (χ2v) is 5.91. The topological polar surface area (TPSA) is 123 Å². The van der Waals surface area contributed by atoms with Crippen molar-refractivity contribution in [2.45, 2.75) is 38.8 Å². The number of rotatable bonds is 7. The first kappa shape index (κ1) is 23.1. The maximum Gasteiger partial charge on any atom is 0.328 e. The zero-order chi connectivity index (χ0) is 18.3. The molecule has 144 valence electrons. The van der Waals surface area contributed by atoms with Crippen LogP contribution in [0.4, 0.5) is 0 Å². The maximum atomic E-state index is 12.6. The van der Waals surface area contributed by atoms with Crippen LogP contribution in [0.1, 0.15) is 26.7 Å². The standard InChI is InChI=1S/C15H25N3O6.ClH/c1-9(12(20)23-3)17-11(19)7-15(5-6-16-8-15)14(22)18-10(2)13(21)24-4;/h9-10,16H,5-8H2,1-4H3,(H,17,19)(H,18,22);1H/t9-,10-,15?;/m0./s1. The Labute approximate surface area is 153 Å². The number of nitrogens with one attached hydrogen (secondary N) is 3. The molecule has 3 atom stereocenters. The molecule has 0 aromatic heterocycles. The van der Waals surface area contributed by atoms with Crippen molar-refractivity contribution in [1.82, 2.24) is 16.0 Å². The van der Waals surface area contributed by atoms with Gasteiger partial charge in [-0.05, 0) is 26.8 Å². The minimum Gasteiger partial charge on any atom is -0.467 e. The molecule has 0 aromatic rings. The average molecular weight is 380 g/mol. The molecule has 25 heavy (non-hydrogen) atoms. The molecule has 9 nitrogen and oxygen atoms in total. The number of ether oxygens (including phenoxy) is 2. The first-order chi connectivity index (χ1) is 11.3. The molecule has 1 heterocycles. The Kier molecular flexibility index (Phi) is 9.43. The van der Waals surface area contributed by atoms with E-state index in [4.69, 9.17) is 0 Å². The largest absolute Gasteiger partial charge is 0.467 e. The average Bonchev–Trinajstić information content (AvgIpc) is 3.02. The highest BCUT2D eigenvalue weighted by Gasteiger charge is 2.44. The minimum absolute atomic E-state index is 0. The van der Waals surface area contributed by atoms with Crippen molar-refractivity contribution in [3.8, 4) is 0 Å². The van der Waals surface area contributed by atoms with E-state index >= 15 is 0 Å². The molecule has 0 saturated carbocycles. The smallest absolute Gasteiger partial charge is 0.328 e. The van der Waals surface area contributed by atoms with Gasteiger partial charge in [0.15, 0.2) is 0 Å². The van der Waals surface area contributed by atoms with Gasteiger partial charge >= 0.3 is 11.9 Å². The Morgan fingerprint density at radius 2 is 1.56 bits per heavy atom. The van der Waals surface area contributed by atoms with Crippen LogP contribution in [0.5, 0.6) is 0 Å². The van der Waals surface area contributed by atoms with E-state index in [9.17, 15) is 19.2 Å². The summed E-state index contributed by atoms with van der Waals surface area (Å²) in [6.07, 6.45) is 0.355. The van der Waals surface area contributed by atoms with Gasteiger partial charge in [-0.2, -0.15) is 0 Å². The summed E-state index contributed by atoms with van der Waals surface area (Å²) in [5, 5.41) is 8.15. The Morgan fingerprint density at radius 3 is 2.00 bits per heavy atom. The number of methoxy groups -OCH3 is 2. The summed E-state index contributed by atoms with van der Waals surface area (Å²) in [4.78, 5) is 47.6. The molecule has 0 aliphatic carbocycles. The lowest BCUT2D eigenvalue weighted by Crippen LogP contribution is -2.51. The molecule has 1 rings (SSSR count). The van der Waals surface area contributed by atoms with Crippen LogP contribution >= 0.6 is 12.4 Å². The summed E-state index contributed by atoms with van der Waals surface area (Å²) in [5.74, 6) is -1.96. The van der Waals surface area contributed by atoms with Crippen molar-refractivity contribution in [2.75, 3.05) is 27.3 Å². The van der Waals surface area contributed by atoms with Gasteiger partial charge in [0.25, 0.3) is 0 Å². The fraction of sp³-hybridized carbons (Fsp3) is 0.733. The van der Waals surface area contributed by atoms with E-state index in [2.05, 4.69) is 25.4 Å². The van der Waals surface area contributed by atoms with Crippen LogP contribution in [-0.4, -0.2) is 63.1 Å². The van der Waals surface area contributed by atoms with E-state index in [1.807, 2.05) is 0 Å². The zero-order valence-electron chi connectivity index (χ0n) is 14.8. The van der Waals surface area contributed by atoms with Gasteiger partial charge in [-0.3, -0.25) is 9.59 Å².